The third-order valence-corrected chi connectivity index (χ3v) is 4.42. The summed E-state index contributed by atoms with van der Waals surface area (Å²) in [5, 5.41) is 3.42. The van der Waals surface area contributed by atoms with E-state index in [0.29, 0.717) is 24.2 Å². The predicted molar refractivity (Wildman–Crippen MR) is 118 cm³/mol. The Kier molecular flexibility index (Phi) is 8.44. The SMILES string of the molecule is CCOC(=O)c1ccc(NC(CC(=O)c2ccccc2)c2ccccc2)cc1.Cl. The number of carbonyl (C=O) groups is 2. The van der Waals surface area contributed by atoms with Crippen LogP contribution in [0.5, 0.6) is 0 Å². The number of rotatable bonds is 8. The molecule has 3 aromatic rings. The molecule has 5 heteroatoms. The van der Waals surface area contributed by atoms with Crippen molar-refractivity contribution >= 4 is 29.8 Å². The maximum Gasteiger partial charge on any atom is 0.338 e. The van der Waals surface area contributed by atoms with Crippen LogP contribution < -0.4 is 5.32 Å². The van der Waals surface area contributed by atoms with Gasteiger partial charge in [-0.15, -0.1) is 12.4 Å². The van der Waals surface area contributed by atoms with Crippen molar-refractivity contribution in [3.8, 4) is 0 Å². The topological polar surface area (TPSA) is 55.4 Å². The minimum atomic E-state index is -0.340. The molecule has 0 heterocycles. The maximum atomic E-state index is 12.7. The molecule has 1 atom stereocenters. The minimum Gasteiger partial charge on any atom is -0.462 e. The maximum absolute atomic E-state index is 12.7. The van der Waals surface area contributed by atoms with Crippen molar-refractivity contribution in [1.29, 1.82) is 0 Å². The van der Waals surface area contributed by atoms with Crippen LogP contribution in [0.25, 0.3) is 0 Å². The Morgan fingerprint density at radius 3 is 2.00 bits per heavy atom. The molecule has 1 N–H and O–H groups in total. The Bertz CT molecular complexity index is 912. The van der Waals surface area contributed by atoms with E-state index in [4.69, 9.17) is 4.74 Å². The molecule has 0 aromatic heterocycles. The van der Waals surface area contributed by atoms with Crippen LogP contribution in [-0.2, 0) is 4.74 Å². The number of benzene rings is 3. The molecule has 0 bridgehead atoms. The van der Waals surface area contributed by atoms with Gasteiger partial charge in [-0.2, -0.15) is 0 Å². The first-order valence-electron chi connectivity index (χ1n) is 9.34. The van der Waals surface area contributed by atoms with Gasteiger partial charge >= 0.3 is 5.97 Å². The summed E-state index contributed by atoms with van der Waals surface area (Å²) >= 11 is 0. The van der Waals surface area contributed by atoms with Gasteiger partial charge in [0.1, 0.15) is 0 Å². The van der Waals surface area contributed by atoms with E-state index in [-0.39, 0.29) is 30.2 Å². The number of ether oxygens (including phenoxy) is 1. The highest BCUT2D eigenvalue weighted by atomic mass is 35.5. The van der Waals surface area contributed by atoms with Crippen molar-refractivity contribution in [2.75, 3.05) is 11.9 Å². The quantitative estimate of drug-likeness (QED) is 0.382. The molecule has 150 valence electrons. The van der Waals surface area contributed by atoms with Crippen LogP contribution in [0.2, 0.25) is 0 Å². The predicted octanol–water partition coefficient (Wildman–Crippen LogP) is 5.71. The second kappa shape index (κ2) is 11.0. The second-order valence-electron chi connectivity index (χ2n) is 6.40. The first-order chi connectivity index (χ1) is 13.7. The molecule has 3 aromatic carbocycles. The number of hydrogen-bond acceptors (Lipinski definition) is 4. The number of anilines is 1. The minimum absolute atomic E-state index is 0. The number of nitrogens with one attached hydrogen (secondary N) is 1. The van der Waals surface area contributed by atoms with Crippen molar-refractivity contribution in [3.05, 3.63) is 102 Å². The average Bonchev–Trinajstić information content (AvgIpc) is 2.75. The molecule has 4 nitrogen and oxygen atoms in total. The van der Waals surface area contributed by atoms with Gasteiger partial charge < -0.3 is 10.1 Å². The summed E-state index contributed by atoms with van der Waals surface area (Å²) in [4.78, 5) is 24.5. The largest absolute Gasteiger partial charge is 0.462 e. The lowest BCUT2D eigenvalue weighted by molar-refractivity contribution is 0.0526. The number of halogens is 1. The van der Waals surface area contributed by atoms with Crippen LogP contribution in [0.1, 0.15) is 45.7 Å². The summed E-state index contributed by atoms with van der Waals surface area (Å²) < 4.78 is 5.02. The summed E-state index contributed by atoms with van der Waals surface area (Å²) in [6.07, 6.45) is 0.327. The number of ketones is 1. The highest BCUT2D eigenvalue weighted by Crippen LogP contribution is 2.25. The Balaban J connectivity index is 0.00000300. The lowest BCUT2D eigenvalue weighted by atomic mass is 9.97. The normalized spacial score (nSPS) is 11.1. The number of Topliss-reactive ketones (excluding diaryl/α,β-unsaturated/α-hetero) is 1. The summed E-state index contributed by atoms with van der Waals surface area (Å²) in [7, 11) is 0. The summed E-state index contributed by atoms with van der Waals surface area (Å²) in [5.74, 6) is -0.266. The Morgan fingerprint density at radius 2 is 1.41 bits per heavy atom. The van der Waals surface area contributed by atoms with Gasteiger partial charge in [0.25, 0.3) is 0 Å². The second-order valence-corrected chi connectivity index (χ2v) is 6.40. The third kappa shape index (κ3) is 6.19. The molecule has 0 aliphatic rings. The van der Waals surface area contributed by atoms with E-state index in [2.05, 4.69) is 5.32 Å². The number of hydrogen-bond donors (Lipinski definition) is 1. The molecule has 0 saturated heterocycles. The lowest BCUT2D eigenvalue weighted by Crippen LogP contribution is -2.16. The van der Waals surface area contributed by atoms with Gasteiger partial charge in [0.2, 0.25) is 0 Å². The van der Waals surface area contributed by atoms with Crippen molar-refractivity contribution in [2.45, 2.75) is 19.4 Å². The molecule has 1 unspecified atom stereocenters. The van der Waals surface area contributed by atoms with Gasteiger partial charge in [-0.3, -0.25) is 4.79 Å². The van der Waals surface area contributed by atoms with Crippen molar-refractivity contribution < 1.29 is 14.3 Å². The highest BCUT2D eigenvalue weighted by molar-refractivity contribution is 5.96. The van der Waals surface area contributed by atoms with E-state index in [0.717, 1.165) is 11.3 Å². The van der Waals surface area contributed by atoms with Gasteiger partial charge in [0, 0.05) is 17.7 Å². The molecule has 0 aliphatic carbocycles. The smallest absolute Gasteiger partial charge is 0.338 e. The zero-order valence-corrected chi connectivity index (χ0v) is 17.0. The van der Waals surface area contributed by atoms with Crippen molar-refractivity contribution in [3.63, 3.8) is 0 Å². The van der Waals surface area contributed by atoms with Crippen LogP contribution in [0.3, 0.4) is 0 Å². The van der Waals surface area contributed by atoms with Crippen LogP contribution in [0.4, 0.5) is 5.69 Å². The Hall–Kier alpha value is -3.11. The van der Waals surface area contributed by atoms with Crippen LogP contribution in [0.15, 0.2) is 84.9 Å². The fourth-order valence-electron chi connectivity index (χ4n) is 2.98. The molecule has 0 spiro atoms. The van der Waals surface area contributed by atoms with Crippen LogP contribution in [-0.4, -0.2) is 18.4 Å². The molecule has 0 amide bonds. The molecular weight excluding hydrogens is 386 g/mol. The van der Waals surface area contributed by atoms with Gasteiger partial charge in [-0.05, 0) is 36.8 Å². The van der Waals surface area contributed by atoms with Crippen molar-refractivity contribution in [1.82, 2.24) is 0 Å². The number of esters is 1. The molecular formula is C24H24ClNO3. The summed E-state index contributed by atoms with van der Waals surface area (Å²) in [6.45, 7) is 2.12. The molecule has 0 saturated carbocycles. The van der Waals surface area contributed by atoms with Crippen molar-refractivity contribution in [2.24, 2.45) is 0 Å². The van der Waals surface area contributed by atoms with Crippen LogP contribution >= 0.6 is 12.4 Å². The van der Waals surface area contributed by atoms with E-state index in [1.165, 1.54) is 0 Å². The molecule has 29 heavy (non-hydrogen) atoms. The zero-order chi connectivity index (χ0) is 19.8. The van der Waals surface area contributed by atoms with E-state index < -0.39 is 0 Å². The lowest BCUT2D eigenvalue weighted by Gasteiger charge is -2.20. The standard InChI is InChI=1S/C24H23NO3.ClH/c1-2-28-24(27)20-13-15-21(16-14-20)25-22(18-9-5-3-6-10-18)17-23(26)19-11-7-4-8-12-19;/h3-16,22,25H,2,17H2,1H3;1H. The Labute approximate surface area is 177 Å². The average molecular weight is 410 g/mol. The third-order valence-electron chi connectivity index (χ3n) is 4.42. The molecule has 0 radical (unpaired) electrons. The molecule has 3 rings (SSSR count). The monoisotopic (exact) mass is 409 g/mol. The van der Waals surface area contributed by atoms with E-state index in [1.807, 2.05) is 72.8 Å². The van der Waals surface area contributed by atoms with E-state index in [1.54, 1.807) is 19.1 Å². The fraction of sp³-hybridized carbons (Fsp3) is 0.167. The van der Waals surface area contributed by atoms with E-state index >= 15 is 0 Å². The summed E-state index contributed by atoms with van der Waals surface area (Å²) in [5.41, 5.74) is 3.07. The summed E-state index contributed by atoms with van der Waals surface area (Å²) in [6, 6.07) is 26.1. The zero-order valence-electron chi connectivity index (χ0n) is 16.2. The first-order valence-corrected chi connectivity index (χ1v) is 9.34. The number of carbonyl (C=O) groups excluding carboxylic acids is 2. The van der Waals surface area contributed by atoms with Gasteiger partial charge in [0.05, 0.1) is 18.2 Å². The van der Waals surface area contributed by atoms with Gasteiger partial charge in [-0.25, -0.2) is 4.79 Å². The highest BCUT2D eigenvalue weighted by Gasteiger charge is 2.17. The molecule has 0 aliphatic heterocycles. The van der Waals surface area contributed by atoms with Gasteiger partial charge in [-0.1, -0.05) is 60.7 Å². The molecule has 0 fully saturated rings. The Morgan fingerprint density at radius 1 is 0.828 bits per heavy atom. The van der Waals surface area contributed by atoms with Crippen LogP contribution in [0, 0.1) is 0 Å². The fourth-order valence-corrected chi connectivity index (χ4v) is 2.98. The van der Waals surface area contributed by atoms with E-state index in [9.17, 15) is 9.59 Å². The van der Waals surface area contributed by atoms with Gasteiger partial charge in [0.15, 0.2) is 5.78 Å². The first kappa shape index (κ1) is 22.2.